The van der Waals surface area contributed by atoms with Gasteiger partial charge in [-0.3, -0.25) is 0 Å². The van der Waals surface area contributed by atoms with Gasteiger partial charge in [-0.15, -0.1) is 0 Å². The quantitative estimate of drug-likeness (QED) is 0.501. The van der Waals surface area contributed by atoms with Crippen LogP contribution in [0.3, 0.4) is 0 Å². The van der Waals surface area contributed by atoms with Gasteiger partial charge in [0, 0.05) is 25.2 Å². The second-order valence-corrected chi connectivity index (χ2v) is 5.47. The molecule has 2 N–H and O–H groups in total. The van der Waals surface area contributed by atoms with E-state index < -0.39 is 0 Å². The molecule has 0 spiro atoms. The second-order valence-electron chi connectivity index (χ2n) is 5.47. The van der Waals surface area contributed by atoms with Crippen molar-refractivity contribution in [2.75, 3.05) is 40.5 Å². The molecule has 0 saturated heterocycles. The minimum absolute atomic E-state index is 0.103. The van der Waals surface area contributed by atoms with Gasteiger partial charge in [-0.05, 0) is 33.4 Å². The van der Waals surface area contributed by atoms with E-state index in [-0.39, 0.29) is 18.6 Å². The number of aliphatic hydroxyl groups excluding tert-OH is 2. The van der Waals surface area contributed by atoms with Gasteiger partial charge in [0.15, 0.2) is 0 Å². The molecule has 0 aromatic heterocycles. The monoisotopic (exact) mass is 275 g/mol. The molecule has 0 bridgehead atoms. The third-order valence-electron chi connectivity index (χ3n) is 3.02. The number of likely N-dealkylation sites (N-methyl/N-ethyl adjacent to an activating group) is 1. The Morgan fingerprint density at radius 3 is 1.95 bits per heavy atom. The summed E-state index contributed by atoms with van der Waals surface area (Å²) in [5.74, 6) is 0.900. The maximum absolute atomic E-state index is 8.09. The number of rotatable bonds is 9. The Hall–Kier alpha value is -0.580. The maximum atomic E-state index is 8.09. The third-order valence-corrected chi connectivity index (χ3v) is 3.02. The van der Waals surface area contributed by atoms with Gasteiger partial charge in [-0.25, -0.2) is 0 Å². The lowest BCUT2D eigenvalue weighted by molar-refractivity contribution is 0.127. The van der Waals surface area contributed by atoms with Crippen LogP contribution < -0.4 is 0 Å². The van der Waals surface area contributed by atoms with Crippen molar-refractivity contribution in [2.24, 2.45) is 5.41 Å². The molecule has 116 valence electrons. The topological polar surface area (TPSA) is 52.9 Å². The predicted molar refractivity (Wildman–Crippen MR) is 81.1 cm³/mol. The van der Waals surface area contributed by atoms with Crippen molar-refractivity contribution < 1.29 is 14.9 Å². The molecule has 0 saturated carbocycles. The van der Waals surface area contributed by atoms with Crippen molar-refractivity contribution >= 4 is 0 Å². The number of aliphatic hydroxyl groups is 2. The van der Waals surface area contributed by atoms with Crippen LogP contribution in [0.1, 0.15) is 40.0 Å². The highest BCUT2D eigenvalue weighted by molar-refractivity contribution is 4.97. The molecular formula is C15H33NO3. The van der Waals surface area contributed by atoms with E-state index >= 15 is 0 Å². The zero-order chi connectivity index (χ0) is 15.3. The second kappa shape index (κ2) is 12.5. The smallest absolute Gasteiger partial charge is 0.100 e. The fraction of sp³-hybridized carbons (Fsp3) is 0.867. The standard InChI is InChI=1S/C11H23NO.C4H10O2/c1-7-11(3,4)10(2)13-9-8-12(5)6;5-3-1-2-4-6/h2,7-9H2,1,3-6H3;5-6H,1-4H2. The molecular weight excluding hydrogens is 242 g/mol. The molecule has 0 aliphatic heterocycles. The molecule has 0 aromatic carbocycles. The van der Waals surface area contributed by atoms with Crippen molar-refractivity contribution in [2.45, 2.75) is 40.0 Å². The van der Waals surface area contributed by atoms with E-state index in [1.165, 1.54) is 0 Å². The van der Waals surface area contributed by atoms with Crippen molar-refractivity contribution in [3.05, 3.63) is 12.3 Å². The van der Waals surface area contributed by atoms with Crippen LogP contribution in [0.4, 0.5) is 0 Å². The van der Waals surface area contributed by atoms with Crippen LogP contribution in [0.2, 0.25) is 0 Å². The van der Waals surface area contributed by atoms with Gasteiger partial charge in [0.25, 0.3) is 0 Å². The minimum Gasteiger partial charge on any atom is -0.497 e. The lowest BCUT2D eigenvalue weighted by Gasteiger charge is -2.26. The predicted octanol–water partition coefficient (Wildman–Crippen LogP) is 2.27. The maximum Gasteiger partial charge on any atom is 0.100 e. The molecule has 4 heteroatoms. The Balaban J connectivity index is 0. The van der Waals surface area contributed by atoms with Crippen molar-refractivity contribution in [3.63, 3.8) is 0 Å². The number of ether oxygens (including phenoxy) is 1. The Labute approximate surface area is 119 Å². The van der Waals surface area contributed by atoms with Crippen LogP contribution in [-0.2, 0) is 4.74 Å². The number of unbranched alkanes of at least 4 members (excludes halogenated alkanes) is 1. The molecule has 4 nitrogen and oxygen atoms in total. The molecule has 0 amide bonds. The zero-order valence-electron chi connectivity index (χ0n) is 13.4. The lowest BCUT2D eigenvalue weighted by Crippen LogP contribution is -2.21. The van der Waals surface area contributed by atoms with E-state index in [0.29, 0.717) is 0 Å². The molecule has 0 aliphatic rings. The Kier molecular flexibility index (Phi) is 13.6. The summed E-state index contributed by atoms with van der Waals surface area (Å²) in [5, 5.41) is 16.2. The first-order valence-electron chi connectivity index (χ1n) is 7.00. The number of hydrogen-bond donors (Lipinski definition) is 2. The van der Waals surface area contributed by atoms with Crippen molar-refractivity contribution in [3.8, 4) is 0 Å². The normalized spacial score (nSPS) is 10.9. The molecule has 0 rings (SSSR count). The fourth-order valence-corrected chi connectivity index (χ4v) is 0.968. The van der Waals surface area contributed by atoms with Crippen LogP contribution in [-0.4, -0.2) is 55.6 Å². The fourth-order valence-electron chi connectivity index (χ4n) is 0.968. The SMILES string of the molecule is C=C(OCCN(C)C)C(C)(C)CC.OCCCCO. The number of hydrogen-bond acceptors (Lipinski definition) is 4. The molecule has 0 fully saturated rings. The van der Waals surface area contributed by atoms with Gasteiger partial charge in [0.1, 0.15) is 6.61 Å². The van der Waals surface area contributed by atoms with Gasteiger partial charge in [-0.2, -0.15) is 0 Å². The van der Waals surface area contributed by atoms with Gasteiger partial charge in [0.05, 0.1) is 5.76 Å². The summed E-state index contributed by atoms with van der Waals surface area (Å²) in [7, 11) is 4.08. The number of allylic oxidation sites excluding steroid dienone is 1. The summed E-state index contributed by atoms with van der Waals surface area (Å²) in [6.07, 6.45) is 2.50. The summed E-state index contributed by atoms with van der Waals surface area (Å²) in [4.78, 5) is 2.10. The van der Waals surface area contributed by atoms with E-state index in [0.717, 1.165) is 38.2 Å². The summed E-state index contributed by atoms with van der Waals surface area (Å²) in [5.41, 5.74) is 0.103. The highest BCUT2D eigenvalue weighted by atomic mass is 16.5. The molecule has 0 aromatic rings. The van der Waals surface area contributed by atoms with E-state index in [2.05, 4.69) is 32.3 Å². The first-order valence-corrected chi connectivity index (χ1v) is 7.00. The largest absolute Gasteiger partial charge is 0.497 e. The van der Waals surface area contributed by atoms with Gasteiger partial charge >= 0.3 is 0 Å². The van der Waals surface area contributed by atoms with Crippen LogP contribution in [0, 0.1) is 5.41 Å². The summed E-state index contributed by atoms with van der Waals surface area (Å²) >= 11 is 0. The highest BCUT2D eigenvalue weighted by Crippen LogP contribution is 2.28. The van der Waals surface area contributed by atoms with E-state index in [4.69, 9.17) is 14.9 Å². The van der Waals surface area contributed by atoms with Crippen LogP contribution >= 0.6 is 0 Å². The van der Waals surface area contributed by atoms with E-state index in [1.54, 1.807) is 0 Å². The first kappa shape index (κ1) is 20.7. The Bertz CT molecular complexity index is 211. The van der Waals surface area contributed by atoms with Crippen LogP contribution in [0.15, 0.2) is 12.3 Å². The van der Waals surface area contributed by atoms with Crippen LogP contribution in [0.5, 0.6) is 0 Å². The van der Waals surface area contributed by atoms with Gasteiger partial charge < -0.3 is 19.8 Å². The molecule has 0 aliphatic carbocycles. The molecule has 0 atom stereocenters. The molecule has 19 heavy (non-hydrogen) atoms. The summed E-state index contributed by atoms with van der Waals surface area (Å²) in [6, 6.07) is 0. The molecule has 0 unspecified atom stereocenters. The highest BCUT2D eigenvalue weighted by Gasteiger charge is 2.20. The van der Waals surface area contributed by atoms with E-state index in [9.17, 15) is 0 Å². The summed E-state index contributed by atoms with van der Waals surface area (Å²) < 4.78 is 5.57. The average Bonchev–Trinajstić information content (AvgIpc) is 2.36. The van der Waals surface area contributed by atoms with Crippen LogP contribution in [0.25, 0.3) is 0 Å². The van der Waals surface area contributed by atoms with Gasteiger partial charge in [0.2, 0.25) is 0 Å². The summed E-state index contributed by atoms with van der Waals surface area (Å²) in [6.45, 7) is 12.5. The van der Waals surface area contributed by atoms with Crippen molar-refractivity contribution in [1.29, 1.82) is 0 Å². The average molecular weight is 275 g/mol. The molecule has 0 radical (unpaired) electrons. The Morgan fingerprint density at radius 2 is 1.63 bits per heavy atom. The lowest BCUT2D eigenvalue weighted by atomic mass is 9.88. The zero-order valence-corrected chi connectivity index (χ0v) is 13.4. The Morgan fingerprint density at radius 1 is 1.16 bits per heavy atom. The first-order chi connectivity index (χ1) is 8.81. The number of nitrogens with zero attached hydrogens (tertiary/aromatic N) is 1. The van der Waals surface area contributed by atoms with Crippen molar-refractivity contribution in [1.82, 2.24) is 4.90 Å². The third kappa shape index (κ3) is 13.6. The minimum atomic E-state index is 0.103. The molecule has 0 heterocycles. The van der Waals surface area contributed by atoms with Gasteiger partial charge in [-0.1, -0.05) is 27.4 Å². The van der Waals surface area contributed by atoms with E-state index in [1.807, 2.05) is 14.1 Å².